The van der Waals surface area contributed by atoms with E-state index in [9.17, 15) is 39.6 Å². The maximum absolute atomic E-state index is 12.2. The molecule has 2 aromatic rings. The molecule has 0 radical (unpaired) electrons. The quantitative estimate of drug-likeness (QED) is 0.0399. The molecule has 6 N–H and O–H groups in total. The smallest absolute Gasteiger partial charge is 0.344 e. The van der Waals surface area contributed by atoms with Gasteiger partial charge in [-0.15, -0.1) is 0 Å². The van der Waals surface area contributed by atoms with E-state index in [0.717, 1.165) is 127 Å². The van der Waals surface area contributed by atoms with E-state index in [1.807, 2.05) is 24.3 Å². The van der Waals surface area contributed by atoms with Crippen LogP contribution in [0.5, 0.6) is 11.5 Å². The molecule has 0 saturated heterocycles. The predicted octanol–water partition coefficient (Wildman–Crippen LogP) is 7.47. The van der Waals surface area contributed by atoms with Gasteiger partial charge < -0.3 is 49.8 Å². The molecule has 14 heteroatoms. The van der Waals surface area contributed by atoms with Crippen LogP contribution < -0.4 is 14.8 Å². The number of amides is 1. The van der Waals surface area contributed by atoms with Crippen LogP contribution >= 0.6 is 0 Å². The first kappa shape index (κ1) is 55.7. The van der Waals surface area contributed by atoms with Gasteiger partial charge in [0.05, 0.1) is 37.3 Å². The van der Waals surface area contributed by atoms with Gasteiger partial charge in [0.15, 0.2) is 13.2 Å². The van der Waals surface area contributed by atoms with Crippen LogP contribution in [0.4, 0.5) is 0 Å². The van der Waals surface area contributed by atoms with Crippen molar-refractivity contribution in [1.82, 2.24) is 5.32 Å². The van der Waals surface area contributed by atoms with Crippen molar-refractivity contribution in [2.75, 3.05) is 20.3 Å². The standard InChI is InChI=1S/C28H43NO6.C27H40O7/c1-4-5-6-9-21(30)11-12-22-23-14-19-8-7-10-26(24(19)15-20(23)16-25(22)31)34-17-28(33)35-18(2)13-27(32)29-3;1-3-4-5-8-20(28)10-11-21-22-13-18-7-6-9-25(23(18)14-19(22)15-24(21)29)33-16-27(32)34-17(2)12-26(30)31/h7-8,10,18,20-23,25,30-31H,4-6,9,11-17H2,1-3H3,(H,29,32);6-7,9,17,19-22,24,28-29H,3-5,8,10-16H2,1-2H3,(H,30,31)/t18?,20-,21-,22?,23?,25+;17?,19-,20-,21?,22?,24+/m00/s1. The first-order valence-corrected chi connectivity index (χ1v) is 26.1. The zero-order chi connectivity index (χ0) is 50.0. The van der Waals surface area contributed by atoms with Crippen molar-refractivity contribution in [3.05, 3.63) is 58.7 Å². The van der Waals surface area contributed by atoms with E-state index >= 15 is 0 Å². The van der Waals surface area contributed by atoms with Gasteiger partial charge in [0.2, 0.25) is 5.91 Å². The number of ether oxygens (including phenoxy) is 4. The fraction of sp³-hybridized carbons (Fsp3) is 0.709. The van der Waals surface area contributed by atoms with Gasteiger partial charge in [-0.3, -0.25) is 9.59 Å². The molecule has 2 fully saturated rings. The number of hydrogen-bond donors (Lipinski definition) is 6. The van der Waals surface area contributed by atoms with Crippen molar-refractivity contribution in [2.45, 2.75) is 193 Å². The number of aliphatic hydroxyl groups excluding tert-OH is 4. The minimum absolute atomic E-state index is 0.116. The van der Waals surface area contributed by atoms with E-state index < -0.39 is 30.1 Å². The van der Waals surface area contributed by atoms with Crippen molar-refractivity contribution in [1.29, 1.82) is 0 Å². The highest BCUT2D eigenvalue weighted by atomic mass is 16.6. The van der Waals surface area contributed by atoms with E-state index in [1.54, 1.807) is 20.9 Å². The van der Waals surface area contributed by atoms with Gasteiger partial charge >= 0.3 is 17.9 Å². The number of fused-ring (bicyclic) bond motifs is 4. The Kier molecular flexibility index (Phi) is 22.6. The van der Waals surface area contributed by atoms with Crippen molar-refractivity contribution < 1.29 is 63.7 Å². The number of aliphatic carboxylic acids is 1. The number of rotatable bonds is 26. The maximum atomic E-state index is 12.2. The summed E-state index contributed by atoms with van der Waals surface area (Å²) in [5, 5.41) is 53.7. The summed E-state index contributed by atoms with van der Waals surface area (Å²) < 4.78 is 22.0. The number of hydrogen-bond acceptors (Lipinski definition) is 12. The molecule has 6 rings (SSSR count). The number of carbonyl (C=O) groups excluding carboxylic acids is 3. The van der Waals surface area contributed by atoms with E-state index in [1.165, 1.54) is 11.1 Å². The van der Waals surface area contributed by atoms with Crippen molar-refractivity contribution in [2.24, 2.45) is 35.5 Å². The molecule has 14 nitrogen and oxygen atoms in total. The Morgan fingerprint density at radius 3 is 1.48 bits per heavy atom. The fourth-order valence-electron chi connectivity index (χ4n) is 11.7. The molecule has 4 aliphatic rings. The van der Waals surface area contributed by atoms with Gasteiger partial charge in [-0.05, 0) is 161 Å². The molecular formula is C55H83NO13. The van der Waals surface area contributed by atoms with Crippen LogP contribution in [0.2, 0.25) is 0 Å². The molecule has 2 saturated carbocycles. The Balaban J connectivity index is 0.000000258. The molecule has 0 heterocycles. The van der Waals surface area contributed by atoms with Gasteiger partial charge in [-0.1, -0.05) is 76.6 Å². The molecule has 6 unspecified atom stereocenters. The number of esters is 2. The number of aliphatic hydroxyl groups is 4. The Hall–Kier alpha value is -4.24. The van der Waals surface area contributed by atoms with E-state index in [0.29, 0.717) is 35.2 Å². The van der Waals surface area contributed by atoms with Crippen LogP contribution in [-0.2, 0) is 54.3 Å². The predicted molar refractivity (Wildman–Crippen MR) is 262 cm³/mol. The lowest BCUT2D eigenvalue weighted by atomic mass is 9.73. The number of nitrogens with one attached hydrogen (secondary N) is 1. The Labute approximate surface area is 410 Å². The molecule has 69 heavy (non-hydrogen) atoms. The summed E-state index contributed by atoms with van der Waals surface area (Å²) in [6, 6.07) is 11.8. The molecule has 0 aromatic heterocycles. The highest BCUT2D eigenvalue weighted by molar-refractivity contribution is 5.77. The van der Waals surface area contributed by atoms with Gasteiger partial charge in [0, 0.05) is 7.05 Å². The fourth-order valence-corrected chi connectivity index (χ4v) is 11.7. The lowest BCUT2D eigenvalue weighted by Gasteiger charge is -2.32. The minimum atomic E-state index is -1.02. The highest BCUT2D eigenvalue weighted by Crippen LogP contribution is 2.50. The Morgan fingerprint density at radius 1 is 0.638 bits per heavy atom. The van der Waals surface area contributed by atoms with E-state index in [4.69, 9.17) is 24.1 Å². The van der Waals surface area contributed by atoms with Gasteiger partial charge in [-0.2, -0.15) is 0 Å². The first-order valence-electron chi connectivity index (χ1n) is 26.1. The normalized spacial score (nSPS) is 24.9. The monoisotopic (exact) mass is 966 g/mol. The third-order valence-corrected chi connectivity index (χ3v) is 15.2. The van der Waals surface area contributed by atoms with Crippen molar-refractivity contribution in [3.8, 4) is 11.5 Å². The second kappa shape index (κ2) is 28.0. The van der Waals surface area contributed by atoms with Crippen molar-refractivity contribution >= 4 is 23.8 Å². The molecule has 0 bridgehead atoms. The number of unbranched alkanes of at least 4 members (excludes halogenated alkanes) is 4. The number of benzene rings is 2. The second-order valence-electron chi connectivity index (χ2n) is 20.5. The second-order valence-corrected chi connectivity index (χ2v) is 20.5. The first-order chi connectivity index (χ1) is 33.1. The van der Waals surface area contributed by atoms with Crippen LogP contribution in [0.3, 0.4) is 0 Å². The lowest BCUT2D eigenvalue weighted by Crippen LogP contribution is -2.29. The summed E-state index contributed by atoms with van der Waals surface area (Å²) in [5.74, 6) is 1.02. The molecule has 0 aliphatic heterocycles. The molecule has 1 amide bonds. The summed E-state index contributed by atoms with van der Waals surface area (Å²) in [4.78, 5) is 46.5. The molecule has 386 valence electrons. The summed E-state index contributed by atoms with van der Waals surface area (Å²) in [6.45, 7) is 7.08. The number of carbonyl (C=O) groups is 4. The summed E-state index contributed by atoms with van der Waals surface area (Å²) in [6.07, 6.45) is 13.9. The van der Waals surface area contributed by atoms with Crippen LogP contribution in [0.25, 0.3) is 0 Å². The summed E-state index contributed by atoms with van der Waals surface area (Å²) in [7, 11) is 1.55. The zero-order valence-electron chi connectivity index (χ0n) is 42.0. The molecule has 0 spiro atoms. The third-order valence-electron chi connectivity index (χ3n) is 15.2. The van der Waals surface area contributed by atoms with Gasteiger partial charge in [0.1, 0.15) is 23.7 Å². The van der Waals surface area contributed by atoms with Crippen LogP contribution in [-0.4, -0.2) is 106 Å². The number of carboxylic acid groups (broad SMARTS) is 1. The average molecular weight is 966 g/mol. The SMILES string of the molecule is CCCCC[C@H](O)CCC1C2Cc3cccc(OCC(=O)OC(C)CC(=O)NC)c3C[C@H]2C[C@H]1O.CCCCC[C@H](O)CCC1C2Cc3cccc(OCC(=O)OC(C)CC(=O)O)c3C[C@H]2C[C@H]1O. The summed E-state index contributed by atoms with van der Waals surface area (Å²) >= 11 is 0. The lowest BCUT2D eigenvalue weighted by molar-refractivity contribution is -0.154. The van der Waals surface area contributed by atoms with E-state index in [-0.39, 0.29) is 68.2 Å². The highest BCUT2D eigenvalue weighted by Gasteiger charge is 2.46. The average Bonchev–Trinajstić information content (AvgIpc) is 3.79. The molecule has 12 atom stereocenters. The van der Waals surface area contributed by atoms with Crippen molar-refractivity contribution in [3.63, 3.8) is 0 Å². The molecule has 4 aliphatic carbocycles. The molecule has 2 aromatic carbocycles. The molecular weight excluding hydrogens is 883 g/mol. The van der Waals surface area contributed by atoms with E-state index in [2.05, 4.69) is 31.3 Å². The minimum Gasteiger partial charge on any atom is -0.482 e. The number of carboxylic acids is 1. The zero-order valence-corrected chi connectivity index (χ0v) is 42.0. The summed E-state index contributed by atoms with van der Waals surface area (Å²) in [5.41, 5.74) is 4.61. The largest absolute Gasteiger partial charge is 0.482 e. The van der Waals surface area contributed by atoms with Crippen LogP contribution in [0.15, 0.2) is 36.4 Å². The van der Waals surface area contributed by atoms with Gasteiger partial charge in [-0.25, -0.2) is 9.59 Å². The third kappa shape index (κ3) is 17.0. The maximum Gasteiger partial charge on any atom is 0.344 e. The van der Waals surface area contributed by atoms with Crippen LogP contribution in [0.1, 0.15) is 153 Å². The Morgan fingerprint density at radius 2 is 1.07 bits per heavy atom. The topological polar surface area (TPSA) is 218 Å². The van der Waals surface area contributed by atoms with Crippen LogP contribution in [0, 0.1) is 35.5 Å². The van der Waals surface area contributed by atoms with Gasteiger partial charge in [0.25, 0.3) is 0 Å². The Bertz CT molecular complexity index is 1940.